The molecule has 0 unspecified atom stereocenters. The van der Waals surface area contributed by atoms with Gasteiger partial charge in [0.25, 0.3) is 0 Å². The molecule has 2 heterocycles. The van der Waals surface area contributed by atoms with Crippen molar-refractivity contribution >= 4 is 38.3 Å². The van der Waals surface area contributed by atoms with Gasteiger partial charge in [0.2, 0.25) is 0 Å². The maximum atomic E-state index is 9.83. The summed E-state index contributed by atoms with van der Waals surface area (Å²) in [7, 11) is 1.76. The van der Waals surface area contributed by atoms with Crippen LogP contribution in [0.2, 0.25) is 0 Å². The second kappa shape index (κ2) is 10.6. The van der Waals surface area contributed by atoms with E-state index in [1.54, 1.807) is 13.1 Å². The molecule has 2 aromatic carbocycles. The van der Waals surface area contributed by atoms with Crippen molar-refractivity contribution in [3.05, 3.63) is 72.8 Å². The maximum Gasteiger partial charge on any atom is 0.0994 e. The standard InChI is InChI=1S/C16H10N2.C12H23NO.Pt/c1-3-12-7-5-11-6-8-13-4-2-10-18-16(13)14(11)15(12)17-9-1;1-11(2,3)9(13-7)8-10(14)12(4,5)6;/h1-10H;8,14H,1-7H3;. The number of rotatable bonds is 1. The van der Waals surface area contributed by atoms with E-state index in [1.807, 2.05) is 45.3 Å². The van der Waals surface area contributed by atoms with Crippen molar-refractivity contribution in [2.45, 2.75) is 41.5 Å². The Morgan fingerprint density at radius 2 is 1.21 bits per heavy atom. The second-order valence-electron chi connectivity index (χ2n) is 10.0. The van der Waals surface area contributed by atoms with Crippen LogP contribution in [0.15, 0.2) is 77.8 Å². The van der Waals surface area contributed by atoms with Crippen LogP contribution in [0.5, 0.6) is 0 Å². The molecular weight excluding hydrogens is 589 g/mol. The van der Waals surface area contributed by atoms with E-state index in [4.69, 9.17) is 0 Å². The molecule has 0 atom stereocenters. The molecule has 0 saturated carbocycles. The van der Waals surface area contributed by atoms with Gasteiger partial charge < -0.3 is 5.11 Å². The number of hydrogen-bond acceptors (Lipinski definition) is 4. The number of pyridine rings is 2. The molecule has 0 amide bonds. The van der Waals surface area contributed by atoms with Gasteiger partial charge in [-0.15, -0.1) is 0 Å². The number of allylic oxidation sites excluding steroid dienone is 2. The quantitative estimate of drug-likeness (QED) is 0.136. The van der Waals surface area contributed by atoms with Gasteiger partial charge in [0.15, 0.2) is 0 Å². The Kier molecular flexibility index (Phi) is 8.54. The van der Waals surface area contributed by atoms with Crippen molar-refractivity contribution in [2.75, 3.05) is 7.05 Å². The number of aliphatic hydroxyl groups is 1. The summed E-state index contributed by atoms with van der Waals surface area (Å²) >= 11 is 0. The molecule has 176 valence electrons. The van der Waals surface area contributed by atoms with Crippen LogP contribution in [0.25, 0.3) is 32.6 Å². The van der Waals surface area contributed by atoms with Gasteiger partial charge in [0, 0.05) is 73.2 Å². The van der Waals surface area contributed by atoms with E-state index in [0.717, 1.165) is 32.9 Å². The van der Waals surface area contributed by atoms with Gasteiger partial charge in [0.1, 0.15) is 0 Å². The summed E-state index contributed by atoms with van der Waals surface area (Å²) in [5, 5.41) is 14.5. The summed E-state index contributed by atoms with van der Waals surface area (Å²) in [6, 6.07) is 16.6. The van der Waals surface area contributed by atoms with Crippen LogP contribution >= 0.6 is 0 Å². The van der Waals surface area contributed by atoms with E-state index in [9.17, 15) is 5.11 Å². The molecule has 0 radical (unpaired) electrons. The van der Waals surface area contributed by atoms with E-state index < -0.39 is 0 Å². The maximum absolute atomic E-state index is 9.83. The molecule has 33 heavy (non-hydrogen) atoms. The van der Waals surface area contributed by atoms with Crippen molar-refractivity contribution in [3.8, 4) is 0 Å². The summed E-state index contributed by atoms with van der Waals surface area (Å²) in [4.78, 5) is 13.2. The average molecular weight is 623 g/mol. The number of aliphatic hydroxyl groups excluding tert-OH is 1. The number of aromatic nitrogens is 2. The molecule has 0 spiro atoms. The number of aliphatic imine (C=N–C) groups is 1. The number of nitrogens with zero attached hydrogens (tertiary/aromatic N) is 3. The van der Waals surface area contributed by atoms with Gasteiger partial charge in [0.05, 0.1) is 16.8 Å². The molecule has 0 saturated heterocycles. The second-order valence-corrected chi connectivity index (χ2v) is 10.0. The Balaban J connectivity index is 0.000000236. The molecule has 5 heteroatoms. The fourth-order valence-corrected chi connectivity index (χ4v) is 3.45. The molecule has 0 aliphatic heterocycles. The van der Waals surface area contributed by atoms with Gasteiger partial charge in [-0.3, -0.25) is 15.0 Å². The Bertz CT molecular complexity index is 1240. The van der Waals surface area contributed by atoms with Crippen LogP contribution in [0.3, 0.4) is 0 Å². The average Bonchev–Trinajstić information content (AvgIpc) is 2.75. The van der Waals surface area contributed by atoms with Crippen molar-refractivity contribution in [3.63, 3.8) is 0 Å². The fraction of sp³-hybridized carbons (Fsp3) is 0.321. The van der Waals surface area contributed by atoms with Crippen molar-refractivity contribution < 1.29 is 26.2 Å². The first-order chi connectivity index (χ1) is 15.0. The van der Waals surface area contributed by atoms with Gasteiger partial charge in [-0.2, -0.15) is 0 Å². The van der Waals surface area contributed by atoms with Crippen molar-refractivity contribution in [2.24, 2.45) is 15.8 Å². The Labute approximate surface area is 211 Å². The van der Waals surface area contributed by atoms with Gasteiger partial charge in [-0.05, 0) is 23.6 Å². The molecule has 4 nitrogen and oxygen atoms in total. The van der Waals surface area contributed by atoms with Gasteiger partial charge in [-0.25, -0.2) is 0 Å². The number of fused-ring (bicyclic) bond motifs is 5. The van der Waals surface area contributed by atoms with Crippen LogP contribution < -0.4 is 0 Å². The number of benzene rings is 2. The van der Waals surface area contributed by atoms with Gasteiger partial charge >= 0.3 is 0 Å². The van der Waals surface area contributed by atoms with E-state index in [0.29, 0.717) is 5.76 Å². The SMILES string of the molecule is CN=C(C=C(O)C(C)(C)C)C(C)(C)C.[Pt].c1cnc2c(c1)ccc1ccc3cccnc3c12. The van der Waals surface area contributed by atoms with Crippen molar-refractivity contribution in [1.82, 2.24) is 9.97 Å². The molecule has 1 N–H and O–H groups in total. The summed E-state index contributed by atoms with van der Waals surface area (Å²) < 4.78 is 0. The zero-order chi connectivity index (χ0) is 23.5. The Morgan fingerprint density at radius 3 is 1.61 bits per heavy atom. The van der Waals surface area contributed by atoms with E-state index in [-0.39, 0.29) is 31.9 Å². The molecule has 2 aromatic heterocycles. The fourth-order valence-electron chi connectivity index (χ4n) is 3.45. The predicted molar refractivity (Wildman–Crippen MR) is 138 cm³/mol. The van der Waals surface area contributed by atoms with Crippen LogP contribution in [0.4, 0.5) is 0 Å². The Morgan fingerprint density at radius 1 is 0.758 bits per heavy atom. The zero-order valence-electron chi connectivity index (χ0n) is 20.5. The Hall–Kier alpha value is -2.58. The predicted octanol–water partition coefficient (Wildman–Crippen LogP) is 7.53. The molecule has 0 aliphatic carbocycles. The third kappa shape index (κ3) is 6.26. The van der Waals surface area contributed by atoms with Gasteiger partial charge in [-0.1, -0.05) is 77.9 Å². The van der Waals surface area contributed by atoms with Crippen LogP contribution in [-0.4, -0.2) is 27.8 Å². The van der Waals surface area contributed by atoms with E-state index >= 15 is 0 Å². The zero-order valence-corrected chi connectivity index (χ0v) is 22.7. The molecule has 4 rings (SSSR count). The first kappa shape index (κ1) is 26.7. The normalized spacial score (nSPS) is 12.9. The molecule has 0 aliphatic rings. The molecule has 0 bridgehead atoms. The first-order valence-electron chi connectivity index (χ1n) is 10.9. The summed E-state index contributed by atoms with van der Waals surface area (Å²) in [5.74, 6) is 0.382. The minimum atomic E-state index is -0.207. The molecular formula is C28H33N3OPt. The van der Waals surface area contributed by atoms with E-state index in [1.165, 1.54) is 5.39 Å². The van der Waals surface area contributed by atoms with Crippen LogP contribution in [0, 0.1) is 10.8 Å². The van der Waals surface area contributed by atoms with Crippen LogP contribution in [0.1, 0.15) is 41.5 Å². The summed E-state index contributed by atoms with van der Waals surface area (Å²) in [6.45, 7) is 12.2. The monoisotopic (exact) mass is 622 g/mol. The summed E-state index contributed by atoms with van der Waals surface area (Å²) in [6.07, 6.45) is 5.45. The minimum absolute atomic E-state index is 0. The smallest absolute Gasteiger partial charge is 0.0994 e. The van der Waals surface area contributed by atoms with Crippen LogP contribution in [-0.2, 0) is 21.1 Å². The topological polar surface area (TPSA) is 58.4 Å². The van der Waals surface area contributed by atoms with E-state index in [2.05, 4.69) is 72.1 Å². The third-order valence-corrected chi connectivity index (χ3v) is 5.38. The molecule has 0 fully saturated rings. The molecule has 4 aromatic rings. The van der Waals surface area contributed by atoms with Crippen molar-refractivity contribution in [1.29, 1.82) is 0 Å². The number of hydrogen-bond donors (Lipinski definition) is 1. The third-order valence-electron chi connectivity index (χ3n) is 5.38. The largest absolute Gasteiger partial charge is 0.512 e. The summed E-state index contributed by atoms with van der Waals surface area (Å²) in [5.41, 5.74) is 2.75. The minimum Gasteiger partial charge on any atom is -0.512 e. The first-order valence-corrected chi connectivity index (χ1v) is 10.9.